The minimum atomic E-state index is -0.226. The summed E-state index contributed by atoms with van der Waals surface area (Å²) >= 11 is 0. The highest BCUT2D eigenvalue weighted by Crippen LogP contribution is 2.39. The number of aryl methyl sites for hydroxylation is 1. The molecule has 0 radical (unpaired) electrons. The topological polar surface area (TPSA) is 55.2 Å². The van der Waals surface area contributed by atoms with E-state index in [0.29, 0.717) is 18.8 Å². The number of rotatable bonds is 1. The second kappa shape index (κ2) is 4.53. The second-order valence-corrected chi connectivity index (χ2v) is 6.17. The van der Waals surface area contributed by atoms with Gasteiger partial charge in [-0.15, -0.1) is 0 Å². The number of amides is 2. The van der Waals surface area contributed by atoms with Crippen molar-refractivity contribution in [3.05, 3.63) is 35.9 Å². The lowest BCUT2D eigenvalue weighted by atomic mass is 9.82. The molecule has 1 aromatic carbocycles. The van der Waals surface area contributed by atoms with Crippen LogP contribution in [0.3, 0.4) is 0 Å². The van der Waals surface area contributed by atoms with Gasteiger partial charge in [-0.2, -0.15) is 0 Å². The van der Waals surface area contributed by atoms with E-state index < -0.39 is 0 Å². The van der Waals surface area contributed by atoms with Gasteiger partial charge in [-0.3, -0.25) is 9.59 Å². The maximum Gasteiger partial charge on any atom is 0.240 e. The van der Waals surface area contributed by atoms with Crippen molar-refractivity contribution in [3.63, 3.8) is 0 Å². The molecule has 2 amide bonds. The molecule has 0 spiro atoms. The predicted molar refractivity (Wildman–Crippen MR) is 83.2 cm³/mol. The number of anilines is 1. The van der Waals surface area contributed by atoms with Crippen molar-refractivity contribution in [1.82, 2.24) is 9.55 Å². The van der Waals surface area contributed by atoms with Gasteiger partial charge in [0.25, 0.3) is 0 Å². The standard InChI is InChI=1S/C17H17N3O2/c1-10-7-8-11-12(9-10)16(22)20(15(11)21)17-18-13-5-3-4-6-14(13)19(17)2/h3-7,11-12H,8-9H2,1-2H3/t11-,12-/m0/s1. The number of imide groups is 1. The molecular formula is C17H17N3O2. The van der Waals surface area contributed by atoms with Crippen LogP contribution < -0.4 is 4.90 Å². The molecule has 1 aliphatic heterocycles. The lowest BCUT2D eigenvalue weighted by Crippen LogP contribution is -2.33. The van der Waals surface area contributed by atoms with Gasteiger partial charge < -0.3 is 4.57 Å². The highest BCUT2D eigenvalue weighted by Gasteiger charge is 2.50. The van der Waals surface area contributed by atoms with E-state index in [2.05, 4.69) is 11.1 Å². The van der Waals surface area contributed by atoms with Crippen LogP contribution in [0.4, 0.5) is 5.95 Å². The Morgan fingerprint density at radius 2 is 1.86 bits per heavy atom. The first-order valence-corrected chi connectivity index (χ1v) is 7.53. The zero-order chi connectivity index (χ0) is 15.4. The van der Waals surface area contributed by atoms with Crippen LogP contribution in [-0.2, 0) is 16.6 Å². The number of benzene rings is 1. The Labute approximate surface area is 128 Å². The maximum atomic E-state index is 12.7. The zero-order valence-corrected chi connectivity index (χ0v) is 12.6. The van der Waals surface area contributed by atoms with Gasteiger partial charge in [0.15, 0.2) is 0 Å². The van der Waals surface area contributed by atoms with E-state index >= 15 is 0 Å². The summed E-state index contributed by atoms with van der Waals surface area (Å²) in [5.74, 6) is -0.241. The van der Waals surface area contributed by atoms with Crippen molar-refractivity contribution in [2.75, 3.05) is 4.90 Å². The third kappa shape index (κ3) is 1.68. The van der Waals surface area contributed by atoms with Gasteiger partial charge in [0.1, 0.15) is 0 Å². The fraction of sp³-hybridized carbons (Fsp3) is 0.353. The molecule has 0 bridgehead atoms. The van der Waals surface area contributed by atoms with Crippen LogP contribution in [0.25, 0.3) is 11.0 Å². The average molecular weight is 295 g/mol. The van der Waals surface area contributed by atoms with Gasteiger partial charge in [0, 0.05) is 7.05 Å². The quantitative estimate of drug-likeness (QED) is 0.599. The van der Waals surface area contributed by atoms with Crippen LogP contribution in [0.1, 0.15) is 19.8 Å². The molecule has 0 saturated carbocycles. The first-order valence-electron chi connectivity index (χ1n) is 7.53. The van der Waals surface area contributed by atoms with E-state index in [1.165, 1.54) is 10.5 Å². The molecular weight excluding hydrogens is 278 g/mol. The summed E-state index contributed by atoms with van der Waals surface area (Å²) in [7, 11) is 1.84. The van der Waals surface area contributed by atoms with Crippen molar-refractivity contribution in [3.8, 4) is 0 Å². The highest BCUT2D eigenvalue weighted by atomic mass is 16.2. The minimum absolute atomic E-state index is 0.110. The molecule has 1 aromatic heterocycles. The lowest BCUT2D eigenvalue weighted by molar-refractivity contribution is -0.122. The Kier molecular flexibility index (Phi) is 2.73. The number of carbonyl (C=O) groups is 2. The van der Waals surface area contributed by atoms with Gasteiger partial charge in [-0.1, -0.05) is 23.8 Å². The SMILES string of the molecule is CC1=CC[C@@H]2C(=O)N(c3nc4ccccc4n3C)C(=O)[C@H]2C1. The largest absolute Gasteiger partial charge is 0.312 e. The highest BCUT2D eigenvalue weighted by molar-refractivity contribution is 6.21. The maximum absolute atomic E-state index is 12.7. The van der Waals surface area contributed by atoms with Crippen LogP contribution in [0.15, 0.2) is 35.9 Å². The van der Waals surface area contributed by atoms with Crippen LogP contribution in [-0.4, -0.2) is 21.4 Å². The molecule has 22 heavy (non-hydrogen) atoms. The van der Waals surface area contributed by atoms with Gasteiger partial charge in [-0.25, -0.2) is 9.88 Å². The molecule has 5 heteroatoms. The van der Waals surface area contributed by atoms with Crippen molar-refractivity contribution in [2.45, 2.75) is 19.8 Å². The normalized spacial score (nSPS) is 24.8. The lowest BCUT2D eigenvalue weighted by Gasteiger charge is -2.18. The number of aromatic nitrogens is 2. The molecule has 1 saturated heterocycles. The van der Waals surface area contributed by atoms with Crippen molar-refractivity contribution < 1.29 is 9.59 Å². The molecule has 5 nitrogen and oxygen atoms in total. The van der Waals surface area contributed by atoms with Gasteiger partial charge in [-0.05, 0) is 31.9 Å². The van der Waals surface area contributed by atoms with Crippen molar-refractivity contribution in [2.24, 2.45) is 18.9 Å². The molecule has 0 unspecified atom stereocenters. The first kappa shape index (κ1) is 13.2. The molecule has 1 aliphatic carbocycles. The number of allylic oxidation sites excluding steroid dienone is 2. The summed E-state index contributed by atoms with van der Waals surface area (Å²) in [5.41, 5.74) is 2.90. The molecule has 1 fully saturated rings. The van der Waals surface area contributed by atoms with Crippen LogP contribution >= 0.6 is 0 Å². The number of hydrogen-bond acceptors (Lipinski definition) is 3. The summed E-state index contributed by atoms with van der Waals surface area (Å²) in [6, 6.07) is 7.66. The number of imidazole rings is 1. The van der Waals surface area contributed by atoms with Crippen molar-refractivity contribution >= 4 is 28.8 Å². The smallest absolute Gasteiger partial charge is 0.240 e. The summed E-state index contributed by atoms with van der Waals surface area (Å²) in [6.45, 7) is 2.02. The van der Waals surface area contributed by atoms with E-state index in [1.54, 1.807) is 0 Å². The third-order valence-electron chi connectivity index (χ3n) is 4.79. The molecule has 4 rings (SSSR count). The third-order valence-corrected chi connectivity index (χ3v) is 4.79. The van der Waals surface area contributed by atoms with Gasteiger partial charge in [0.2, 0.25) is 17.8 Å². The molecule has 2 aromatic rings. The molecule has 0 N–H and O–H groups in total. The van der Waals surface area contributed by atoms with E-state index in [0.717, 1.165) is 11.0 Å². The second-order valence-electron chi connectivity index (χ2n) is 6.17. The Balaban J connectivity index is 1.81. The van der Waals surface area contributed by atoms with Gasteiger partial charge >= 0.3 is 0 Å². The summed E-state index contributed by atoms with van der Waals surface area (Å²) in [5, 5.41) is 0. The van der Waals surface area contributed by atoms with E-state index in [4.69, 9.17) is 0 Å². The molecule has 2 atom stereocenters. The number of hydrogen-bond donors (Lipinski definition) is 0. The molecule has 2 heterocycles. The Bertz CT molecular complexity index is 834. The fourth-order valence-electron chi connectivity index (χ4n) is 3.57. The van der Waals surface area contributed by atoms with Crippen LogP contribution in [0, 0.1) is 11.8 Å². The summed E-state index contributed by atoms with van der Waals surface area (Å²) < 4.78 is 1.82. The average Bonchev–Trinajstić information content (AvgIpc) is 2.96. The summed E-state index contributed by atoms with van der Waals surface area (Å²) in [6.07, 6.45) is 3.40. The van der Waals surface area contributed by atoms with Crippen LogP contribution in [0.5, 0.6) is 0 Å². The number of carbonyl (C=O) groups excluding carboxylic acids is 2. The number of nitrogens with zero attached hydrogens (tertiary/aromatic N) is 3. The Morgan fingerprint density at radius 3 is 2.64 bits per heavy atom. The monoisotopic (exact) mass is 295 g/mol. The van der Waals surface area contributed by atoms with E-state index in [9.17, 15) is 9.59 Å². The predicted octanol–water partition coefficient (Wildman–Crippen LogP) is 2.42. The zero-order valence-electron chi connectivity index (χ0n) is 12.6. The Morgan fingerprint density at radius 1 is 1.14 bits per heavy atom. The fourth-order valence-corrected chi connectivity index (χ4v) is 3.57. The first-order chi connectivity index (χ1) is 10.6. The molecule has 2 aliphatic rings. The number of fused-ring (bicyclic) bond motifs is 2. The Hall–Kier alpha value is -2.43. The molecule has 112 valence electrons. The number of para-hydroxylation sites is 2. The summed E-state index contributed by atoms with van der Waals surface area (Å²) in [4.78, 5) is 31.3. The van der Waals surface area contributed by atoms with Crippen molar-refractivity contribution in [1.29, 1.82) is 0 Å². The van der Waals surface area contributed by atoms with Crippen LogP contribution in [0.2, 0.25) is 0 Å². The minimum Gasteiger partial charge on any atom is -0.312 e. The van der Waals surface area contributed by atoms with Gasteiger partial charge in [0.05, 0.1) is 22.9 Å². The van der Waals surface area contributed by atoms with E-state index in [1.807, 2.05) is 42.8 Å². The van der Waals surface area contributed by atoms with E-state index in [-0.39, 0.29) is 23.7 Å².